The fourth-order valence-electron chi connectivity index (χ4n) is 4.08. The van der Waals surface area contributed by atoms with Gasteiger partial charge in [0.25, 0.3) is 0 Å². The highest BCUT2D eigenvalue weighted by molar-refractivity contribution is 7.95. The minimum Gasteiger partial charge on any atom is -0.143 e. The predicted octanol–water partition coefficient (Wildman–Crippen LogP) is 6.03. The van der Waals surface area contributed by atoms with Crippen molar-refractivity contribution in [1.29, 1.82) is 0 Å². The van der Waals surface area contributed by atoms with Gasteiger partial charge in [-0.15, -0.1) is 12.6 Å². The molecule has 0 amide bonds. The van der Waals surface area contributed by atoms with Crippen LogP contribution in [0.4, 0.5) is 0 Å². The molecule has 0 aliphatic heterocycles. The predicted molar refractivity (Wildman–Crippen MR) is 127 cm³/mol. The molecule has 0 heterocycles. The van der Waals surface area contributed by atoms with Crippen molar-refractivity contribution in [2.75, 3.05) is 0 Å². The van der Waals surface area contributed by atoms with Crippen LogP contribution in [0.3, 0.4) is 0 Å². The molecule has 4 rings (SSSR count). The summed E-state index contributed by atoms with van der Waals surface area (Å²) in [4.78, 5) is 0.999. The molecule has 0 aliphatic rings. The van der Waals surface area contributed by atoms with E-state index in [-0.39, 0.29) is 0 Å². The van der Waals surface area contributed by atoms with Crippen LogP contribution in [-0.4, -0.2) is 0 Å². The van der Waals surface area contributed by atoms with E-state index in [0.717, 1.165) is 4.90 Å². The second-order valence-corrected chi connectivity index (χ2v) is 11.3. The van der Waals surface area contributed by atoms with E-state index in [4.69, 9.17) is 0 Å². The molecule has 0 saturated carbocycles. The summed E-state index contributed by atoms with van der Waals surface area (Å²) in [7, 11) is -1.91. The Labute approximate surface area is 174 Å². The van der Waals surface area contributed by atoms with Crippen molar-refractivity contribution in [3.05, 3.63) is 121 Å². The molecule has 0 N–H and O–H groups in total. The lowest BCUT2D eigenvalue weighted by Gasteiger charge is -2.33. The number of hydrogen-bond donors (Lipinski definition) is 1. The van der Waals surface area contributed by atoms with Crippen molar-refractivity contribution in [2.24, 2.45) is 0 Å². The molecule has 0 aliphatic carbocycles. The van der Waals surface area contributed by atoms with E-state index in [1.165, 1.54) is 21.5 Å². The van der Waals surface area contributed by atoms with Crippen molar-refractivity contribution in [1.82, 2.24) is 0 Å². The van der Waals surface area contributed by atoms with Gasteiger partial charge >= 0.3 is 0 Å². The van der Waals surface area contributed by atoms with E-state index < -0.39 is 7.26 Å². The first-order chi connectivity index (χ1) is 13.7. The second-order valence-electron chi connectivity index (χ2n) is 7.00. The minimum absolute atomic E-state index is 0.341. The fraction of sp³-hybridized carbons (Fsp3) is 0.0769. The first-order valence-corrected chi connectivity index (χ1v) is 11.9. The average Bonchev–Trinajstić information content (AvgIpc) is 2.77. The van der Waals surface area contributed by atoms with Gasteiger partial charge in [0.1, 0.15) is 28.8 Å². The zero-order valence-corrected chi connectivity index (χ0v) is 17.7. The van der Waals surface area contributed by atoms with Crippen LogP contribution in [-0.2, 0) is 0 Å². The summed E-state index contributed by atoms with van der Waals surface area (Å²) in [5, 5.41) is 4.24. The molecule has 0 spiro atoms. The van der Waals surface area contributed by atoms with Crippen LogP contribution < -0.4 is 15.9 Å². The lowest BCUT2D eigenvalue weighted by atomic mass is 10.2. The molecule has 4 aromatic carbocycles. The fourth-order valence-corrected chi connectivity index (χ4v) is 9.02. The maximum Gasteiger partial charge on any atom is 0.119 e. The van der Waals surface area contributed by atoms with E-state index in [0.29, 0.717) is 5.66 Å². The number of benzene rings is 4. The highest BCUT2D eigenvalue weighted by atomic mass is 32.1. The molecular formula is C26H24PS+. The van der Waals surface area contributed by atoms with Gasteiger partial charge in [0.05, 0.1) is 0 Å². The topological polar surface area (TPSA) is 0 Å². The van der Waals surface area contributed by atoms with Gasteiger partial charge in [-0.1, -0.05) is 66.7 Å². The molecule has 0 fully saturated rings. The molecule has 2 heteroatoms. The van der Waals surface area contributed by atoms with Gasteiger partial charge in [-0.25, -0.2) is 0 Å². The third kappa shape index (κ3) is 3.41. The first kappa shape index (κ1) is 19.0. The van der Waals surface area contributed by atoms with Gasteiger partial charge in [-0.2, -0.15) is 0 Å². The summed E-state index contributed by atoms with van der Waals surface area (Å²) < 4.78 is 0. The molecule has 138 valence electrons. The molecule has 0 bridgehead atoms. The van der Waals surface area contributed by atoms with Crippen LogP contribution in [0.2, 0.25) is 0 Å². The largest absolute Gasteiger partial charge is 0.143 e. The van der Waals surface area contributed by atoms with Gasteiger partial charge in [0, 0.05) is 4.90 Å². The molecule has 1 unspecified atom stereocenters. The number of rotatable bonds is 5. The Balaban J connectivity index is 2.05. The summed E-state index contributed by atoms with van der Waals surface area (Å²) in [5.74, 6) is 0. The standard InChI is InChI=1S/C26H23PS/c1-21(22-17-19-26(28)20-18-22)27(23-11-5-2-6-12-23,24-13-7-3-8-14-24)25-15-9-4-10-16-25/h2-21H,1H3/p+1. The SMILES string of the molecule is CC(c1ccc(S)cc1)[P+](c1ccccc1)(c1ccccc1)c1ccccc1. The van der Waals surface area contributed by atoms with Crippen LogP contribution in [0.1, 0.15) is 18.1 Å². The van der Waals surface area contributed by atoms with Gasteiger partial charge in [-0.3, -0.25) is 0 Å². The van der Waals surface area contributed by atoms with Crippen LogP contribution in [0.25, 0.3) is 0 Å². The smallest absolute Gasteiger partial charge is 0.119 e. The zero-order chi connectivity index (χ0) is 19.4. The third-order valence-corrected chi connectivity index (χ3v) is 10.5. The summed E-state index contributed by atoms with van der Waals surface area (Å²) in [6.45, 7) is 2.38. The third-order valence-electron chi connectivity index (χ3n) is 5.45. The van der Waals surface area contributed by atoms with Crippen LogP contribution in [0, 0.1) is 0 Å². The van der Waals surface area contributed by atoms with Gasteiger partial charge in [0.15, 0.2) is 0 Å². The minimum atomic E-state index is -1.91. The maximum atomic E-state index is 4.49. The van der Waals surface area contributed by atoms with Crippen molar-refractivity contribution < 1.29 is 0 Å². The average molecular weight is 400 g/mol. The Kier molecular flexibility index (Phi) is 5.67. The highest BCUT2D eigenvalue weighted by Crippen LogP contribution is 2.66. The Bertz CT molecular complexity index is 916. The molecule has 0 radical (unpaired) electrons. The molecule has 0 aromatic heterocycles. The Morgan fingerprint density at radius 3 is 1.25 bits per heavy atom. The highest BCUT2D eigenvalue weighted by Gasteiger charge is 2.50. The zero-order valence-electron chi connectivity index (χ0n) is 15.9. The van der Waals surface area contributed by atoms with E-state index in [1.807, 2.05) is 0 Å². The lowest BCUT2D eigenvalue weighted by Crippen LogP contribution is -2.34. The van der Waals surface area contributed by atoms with E-state index in [9.17, 15) is 0 Å². The monoisotopic (exact) mass is 399 g/mol. The van der Waals surface area contributed by atoms with Crippen LogP contribution >= 0.6 is 19.9 Å². The first-order valence-electron chi connectivity index (χ1n) is 9.57. The molecule has 28 heavy (non-hydrogen) atoms. The molecule has 1 atom stereocenters. The van der Waals surface area contributed by atoms with Crippen LogP contribution in [0.5, 0.6) is 0 Å². The summed E-state index contributed by atoms with van der Waals surface area (Å²) in [6.07, 6.45) is 0. The van der Waals surface area contributed by atoms with Crippen molar-refractivity contribution in [3.63, 3.8) is 0 Å². The van der Waals surface area contributed by atoms with Gasteiger partial charge in [-0.05, 0) is 61.0 Å². The summed E-state index contributed by atoms with van der Waals surface area (Å²) >= 11 is 4.49. The molecule has 0 nitrogen and oxygen atoms in total. The summed E-state index contributed by atoms with van der Waals surface area (Å²) in [5.41, 5.74) is 1.69. The van der Waals surface area contributed by atoms with Crippen molar-refractivity contribution >= 4 is 35.8 Å². The number of hydrogen-bond acceptors (Lipinski definition) is 1. The van der Waals surface area contributed by atoms with Gasteiger partial charge < -0.3 is 0 Å². The van der Waals surface area contributed by atoms with E-state index in [1.54, 1.807) is 0 Å². The molecule has 0 saturated heterocycles. The Morgan fingerprint density at radius 1 is 0.536 bits per heavy atom. The van der Waals surface area contributed by atoms with Crippen LogP contribution in [0.15, 0.2) is 120 Å². The Hall–Kier alpha value is -2.34. The summed E-state index contributed by atoms with van der Waals surface area (Å²) in [6, 6.07) is 41.8. The van der Waals surface area contributed by atoms with Crippen molar-refractivity contribution in [3.8, 4) is 0 Å². The Morgan fingerprint density at radius 2 is 0.893 bits per heavy atom. The lowest BCUT2D eigenvalue weighted by molar-refractivity contribution is 1.07. The molecular weight excluding hydrogens is 375 g/mol. The molecule has 4 aromatic rings. The quantitative estimate of drug-likeness (QED) is 0.307. The normalized spacial score (nSPS) is 12.5. The van der Waals surface area contributed by atoms with Crippen molar-refractivity contribution in [2.45, 2.75) is 17.5 Å². The maximum absolute atomic E-state index is 4.49. The second kappa shape index (κ2) is 8.35. The number of thiol groups is 1. The van der Waals surface area contributed by atoms with E-state index in [2.05, 4.69) is 135 Å². The van der Waals surface area contributed by atoms with E-state index >= 15 is 0 Å². The van der Waals surface area contributed by atoms with Gasteiger partial charge in [0.2, 0.25) is 0 Å².